The molecule has 0 saturated heterocycles. The van der Waals surface area contributed by atoms with Crippen molar-refractivity contribution in [1.29, 1.82) is 0 Å². The van der Waals surface area contributed by atoms with Gasteiger partial charge >= 0.3 is 5.97 Å². The molecule has 0 fully saturated rings. The zero-order valence-electron chi connectivity index (χ0n) is 11.8. The number of aromatic nitrogens is 2. The van der Waals surface area contributed by atoms with Gasteiger partial charge in [0.1, 0.15) is 5.56 Å². The molecular weight excluding hydrogens is 275 g/mol. The average molecular weight is 290 g/mol. The number of carboxylic acids is 1. The van der Waals surface area contributed by atoms with E-state index in [0.29, 0.717) is 24.1 Å². The molecule has 2 aromatic rings. The predicted molar refractivity (Wildman–Crippen MR) is 74.2 cm³/mol. The van der Waals surface area contributed by atoms with Gasteiger partial charge in [-0.1, -0.05) is 26.0 Å². The third-order valence-corrected chi connectivity index (χ3v) is 3.07. The summed E-state index contributed by atoms with van der Waals surface area (Å²) >= 11 is 0. The first-order valence-corrected chi connectivity index (χ1v) is 6.62. The number of benzene rings is 1. The zero-order valence-corrected chi connectivity index (χ0v) is 11.8. The molecule has 5 nitrogen and oxygen atoms in total. The van der Waals surface area contributed by atoms with Crippen LogP contribution in [0.5, 0.6) is 11.6 Å². The molecular formula is C15H15FN2O3. The Bertz CT molecular complexity index is 674. The summed E-state index contributed by atoms with van der Waals surface area (Å²) < 4.78 is 18.9. The summed E-state index contributed by atoms with van der Waals surface area (Å²) in [6.07, 6.45) is 1.05. The molecule has 0 radical (unpaired) electrons. The smallest absolute Gasteiger partial charge is 0.341 e. The number of ether oxygens (including phenoxy) is 1. The first-order valence-electron chi connectivity index (χ1n) is 6.62. The van der Waals surface area contributed by atoms with Crippen molar-refractivity contribution in [3.63, 3.8) is 0 Å². The fourth-order valence-electron chi connectivity index (χ4n) is 2.08. The maximum Gasteiger partial charge on any atom is 0.341 e. The topological polar surface area (TPSA) is 72.3 Å². The SMILES string of the molecule is CCc1nnc(Oc2ccccc2F)c(C(=O)O)c1CC. The van der Waals surface area contributed by atoms with Crippen molar-refractivity contribution in [1.82, 2.24) is 10.2 Å². The van der Waals surface area contributed by atoms with Crippen LogP contribution in [0, 0.1) is 5.82 Å². The molecule has 1 aromatic carbocycles. The van der Waals surface area contributed by atoms with Gasteiger partial charge in [0.15, 0.2) is 11.6 Å². The van der Waals surface area contributed by atoms with Crippen LogP contribution >= 0.6 is 0 Å². The minimum Gasteiger partial charge on any atom is -0.477 e. The molecule has 2 rings (SSSR count). The lowest BCUT2D eigenvalue weighted by Crippen LogP contribution is -2.12. The van der Waals surface area contributed by atoms with E-state index in [1.165, 1.54) is 18.2 Å². The zero-order chi connectivity index (χ0) is 15.4. The highest BCUT2D eigenvalue weighted by Crippen LogP contribution is 2.28. The number of hydrogen-bond acceptors (Lipinski definition) is 4. The lowest BCUT2D eigenvalue weighted by molar-refractivity contribution is 0.0691. The van der Waals surface area contributed by atoms with Crippen LogP contribution in [-0.4, -0.2) is 21.3 Å². The van der Waals surface area contributed by atoms with Crippen molar-refractivity contribution in [2.24, 2.45) is 0 Å². The van der Waals surface area contributed by atoms with Crippen molar-refractivity contribution >= 4 is 5.97 Å². The van der Waals surface area contributed by atoms with Gasteiger partial charge in [0.25, 0.3) is 5.88 Å². The predicted octanol–water partition coefficient (Wildman–Crippen LogP) is 3.23. The lowest BCUT2D eigenvalue weighted by atomic mass is 10.0. The molecule has 0 amide bonds. The molecule has 0 bridgehead atoms. The molecule has 1 heterocycles. The third-order valence-electron chi connectivity index (χ3n) is 3.07. The molecule has 0 atom stereocenters. The summed E-state index contributed by atoms with van der Waals surface area (Å²) in [4.78, 5) is 11.5. The van der Waals surface area contributed by atoms with E-state index in [-0.39, 0.29) is 17.2 Å². The molecule has 1 N–H and O–H groups in total. The van der Waals surface area contributed by atoms with Crippen molar-refractivity contribution < 1.29 is 19.0 Å². The number of aromatic carboxylic acids is 1. The molecule has 6 heteroatoms. The van der Waals surface area contributed by atoms with E-state index in [0.717, 1.165) is 0 Å². The number of halogens is 1. The van der Waals surface area contributed by atoms with Crippen LogP contribution in [-0.2, 0) is 12.8 Å². The number of para-hydroxylation sites is 1. The summed E-state index contributed by atoms with van der Waals surface area (Å²) in [7, 11) is 0. The van der Waals surface area contributed by atoms with Crippen molar-refractivity contribution in [2.45, 2.75) is 26.7 Å². The molecule has 21 heavy (non-hydrogen) atoms. The van der Waals surface area contributed by atoms with Crippen LogP contribution in [0.3, 0.4) is 0 Å². The van der Waals surface area contributed by atoms with E-state index >= 15 is 0 Å². The van der Waals surface area contributed by atoms with Gasteiger partial charge < -0.3 is 9.84 Å². The standard InChI is InChI=1S/C15H15FN2O3/c1-3-9-11(4-2)17-18-14(13(9)15(19)20)21-12-8-6-5-7-10(12)16/h5-8H,3-4H2,1-2H3,(H,19,20). The fraction of sp³-hybridized carbons (Fsp3) is 0.267. The monoisotopic (exact) mass is 290 g/mol. The third kappa shape index (κ3) is 2.99. The number of aryl methyl sites for hydroxylation is 1. The number of nitrogens with zero attached hydrogens (tertiary/aromatic N) is 2. The fourth-order valence-corrected chi connectivity index (χ4v) is 2.08. The van der Waals surface area contributed by atoms with Crippen LogP contribution in [0.1, 0.15) is 35.5 Å². The summed E-state index contributed by atoms with van der Waals surface area (Å²) in [6, 6.07) is 5.74. The summed E-state index contributed by atoms with van der Waals surface area (Å²) in [5.41, 5.74) is 1.11. The second kappa shape index (κ2) is 6.30. The second-order valence-electron chi connectivity index (χ2n) is 4.35. The van der Waals surface area contributed by atoms with Crippen LogP contribution in [0.15, 0.2) is 24.3 Å². The summed E-state index contributed by atoms with van der Waals surface area (Å²) in [5, 5.41) is 17.2. The Hall–Kier alpha value is -2.50. The highest BCUT2D eigenvalue weighted by atomic mass is 19.1. The summed E-state index contributed by atoms with van der Waals surface area (Å²) in [5.74, 6) is -2.03. The maximum absolute atomic E-state index is 13.6. The highest BCUT2D eigenvalue weighted by molar-refractivity contribution is 5.92. The quantitative estimate of drug-likeness (QED) is 0.915. The van der Waals surface area contributed by atoms with Crippen LogP contribution in [0.2, 0.25) is 0 Å². The Morgan fingerprint density at radius 2 is 1.95 bits per heavy atom. The first kappa shape index (κ1) is 14.9. The summed E-state index contributed by atoms with van der Waals surface area (Å²) in [6.45, 7) is 3.70. The Morgan fingerprint density at radius 1 is 1.24 bits per heavy atom. The molecule has 0 saturated carbocycles. The Morgan fingerprint density at radius 3 is 2.52 bits per heavy atom. The molecule has 0 unspecified atom stereocenters. The van der Waals surface area contributed by atoms with Gasteiger partial charge in [0.2, 0.25) is 0 Å². The van der Waals surface area contributed by atoms with E-state index in [2.05, 4.69) is 10.2 Å². The number of carboxylic acid groups (broad SMARTS) is 1. The van der Waals surface area contributed by atoms with Gasteiger partial charge in [0, 0.05) is 0 Å². The van der Waals surface area contributed by atoms with Gasteiger partial charge in [-0.2, -0.15) is 5.10 Å². The number of rotatable bonds is 5. The van der Waals surface area contributed by atoms with Crippen LogP contribution in [0.4, 0.5) is 4.39 Å². The van der Waals surface area contributed by atoms with E-state index in [4.69, 9.17) is 4.74 Å². The van der Waals surface area contributed by atoms with Gasteiger partial charge in [-0.25, -0.2) is 9.18 Å². The average Bonchev–Trinajstić information content (AvgIpc) is 2.48. The molecule has 0 aliphatic heterocycles. The van der Waals surface area contributed by atoms with Crippen molar-refractivity contribution in [2.75, 3.05) is 0 Å². The van der Waals surface area contributed by atoms with Gasteiger partial charge in [-0.3, -0.25) is 0 Å². The lowest BCUT2D eigenvalue weighted by Gasteiger charge is -2.13. The normalized spacial score (nSPS) is 10.4. The highest BCUT2D eigenvalue weighted by Gasteiger charge is 2.22. The second-order valence-corrected chi connectivity index (χ2v) is 4.35. The van der Waals surface area contributed by atoms with Gasteiger partial charge in [-0.05, 0) is 30.5 Å². The van der Waals surface area contributed by atoms with Gasteiger partial charge in [-0.15, -0.1) is 5.10 Å². The van der Waals surface area contributed by atoms with Crippen LogP contribution in [0.25, 0.3) is 0 Å². The minimum atomic E-state index is -1.16. The molecule has 0 aliphatic carbocycles. The number of hydrogen-bond donors (Lipinski definition) is 1. The molecule has 1 aromatic heterocycles. The van der Waals surface area contributed by atoms with E-state index < -0.39 is 11.8 Å². The van der Waals surface area contributed by atoms with Gasteiger partial charge in [0.05, 0.1) is 5.69 Å². The Labute approximate surface area is 121 Å². The van der Waals surface area contributed by atoms with Crippen LogP contribution < -0.4 is 4.74 Å². The van der Waals surface area contributed by atoms with Crippen molar-refractivity contribution in [3.05, 3.63) is 46.9 Å². The minimum absolute atomic E-state index is 0.0624. The van der Waals surface area contributed by atoms with Crippen molar-refractivity contribution in [3.8, 4) is 11.6 Å². The van der Waals surface area contributed by atoms with E-state index in [1.54, 1.807) is 6.07 Å². The Kier molecular flexibility index (Phi) is 4.47. The number of carbonyl (C=O) groups is 1. The molecule has 110 valence electrons. The maximum atomic E-state index is 13.6. The van der Waals surface area contributed by atoms with E-state index in [9.17, 15) is 14.3 Å². The molecule has 0 spiro atoms. The Balaban J connectivity index is 2.54. The van der Waals surface area contributed by atoms with E-state index in [1.807, 2.05) is 13.8 Å². The largest absolute Gasteiger partial charge is 0.477 e. The first-order chi connectivity index (χ1) is 10.1. The molecule has 0 aliphatic rings.